The second-order valence-corrected chi connectivity index (χ2v) is 13.0. The lowest BCUT2D eigenvalue weighted by Gasteiger charge is -2.24. The van der Waals surface area contributed by atoms with Crippen LogP contribution in [0.1, 0.15) is 42.1 Å². The first-order valence-corrected chi connectivity index (χ1v) is 16.9. The van der Waals surface area contributed by atoms with Crippen LogP contribution in [0.15, 0.2) is 136 Å². The van der Waals surface area contributed by atoms with Gasteiger partial charge in [-0.3, -0.25) is 9.36 Å². The zero-order valence-corrected chi connectivity index (χ0v) is 28.1. The summed E-state index contributed by atoms with van der Waals surface area (Å²) in [6.45, 7) is 7.91. The molecule has 1 aliphatic rings. The summed E-state index contributed by atoms with van der Waals surface area (Å²) in [5, 5.41) is 0. The summed E-state index contributed by atoms with van der Waals surface area (Å²) in [7, 11) is 0. The highest BCUT2D eigenvalue weighted by atomic mass is 32.1. The van der Waals surface area contributed by atoms with E-state index in [-0.39, 0.29) is 12.2 Å². The van der Waals surface area contributed by atoms with Crippen LogP contribution in [0.4, 0.5) is 0 Å². The van der Waals surface area contributed by atoms with Crippen LogP contribution in [0, 0.1) is 13.8 Å². The van der Waals surface area contributed by atoms with Gasteiger partial charge in [0, 0.05) is 11.3 Å². The zero-order valence-electron chi connectivity index (χ0n) is 27.3. The topological polar surface area (TPSA) is 65.6 Å². The summed E-state index contributed by atoms with van der Waals surface area (Å²) in [5.41, 5.74) is 9.80. The SMILES string of the molecule is CCOC(=O)C1=C(C)N=c2s/c(=C\c3cc(-c4ccccc4)n(-c4ccc(C)cc4)c3-c3ccccc3)c(=O)n2[C@H]1c1ccc(C)cc1. The van der Waals surface area contributed by atoms with Gasteiger partial charge in [0.15, 0.2) is 4.80 Å². The van der Waals surface area contributed by atoms with Gasteiger partial charge in [-0.15, -0.1) is 0 Å². The Bertz CT molecular complexity index is 2350. The summed E-state index contributed by atoms with van der Waals surface area (Å²) in [4.78, 5) is 33.2. The molecule has 238 valence electrons. The van der Waals surface area contributed by atoms with Crippen LogP contribution < -0.4 is 14.9 Å². The quantitative estimate of drug-likeness (QED) is 0.168. The van der Waals surface area contributed by atoms with Crippen LogP contribution in [0.2, 0.25) is 0 Å². The van der Waals surface area contributed by atoms with E-state index in [4.69, 9.17) is 9.73 Å². The average molecular weight is 650 g/mol. The zero-order chi connectivity index (χ0) is 33.4. The van der Waals surface area contributed by atoms with E-state index in [0.717, 1.165) is 44.9 Å². The van der Waals surface area contributed by atoms with E-state index in [1.807, 2.05) is 80.6 Å². The summed E-state index contributed by atoms with van der Waals surface area (Å²) in [6, 6.07) is 38.5. The van der Waals surface area contributed by atoms with Crippen LogP contribution in [0.3, 0.4) is 0 Å². The van der Waals surface area contributed by atoms with E-state index in [9.17, 15) is 9.59 Å². The molecule has 3 heterocycles. The molecule has 0 fully saturated rings. The van der Waals surface area contributed by atoms with E-state index < -0.39 is 12.0 Å². The van der Waals surface area contributed by atoms with Crippen LogP contribution in [0.5, 0.6) is 0 Å². The fraction of sp³-hybridized carbons (Fsp3) is 0.146. The Labute approximate surface area is 283 Å². The number of ether oxygens (including phenoxy) is 1. The largest absolute Gasteiger partial charge is 0.463 e. The van der Waals surface area contributed by atoms with Crippen molar-refractivity contribution in [2.24, 2.45) is 4.99 Å². The van der Waals surface area contributed by atoms with Crippen molar-refractivity contribution < 1.29 is 9.53 Å². The number of rotatable bonds is 7. The number of allylic oxidation sites excluding steroid dienone is 1. The monoisotopic (exact) mass is 649 g/mol. The number of carbonyl (C=O) groups excluding carboxylic acids is 1. The highest BCUT2D eigenvalue weighted by Gasteiger charge is 2.33. The Hall–Kier alpha value is -5.53. The molecule has 2 aromatic heterocycles. The molecule has 0 spiro atoms. The molecule has 0 saturated heterocycles. The first kappa shape index (κ1) is 31.1. The van der Waals surface area contributed by atoms with Gasteiger partial charge < -0.3 is 9.30 Å². The van der Waals surface area contributed by atoms with Gasteiger partial charge in [-0.1, -0.05) is 120 Å². The van der Waals surface area contributed by atoms with Crippen molar-refractivity contribution in [1.29, 1.82) is 0 Å². The highest BCUT2D eigenvalue weighted by Crippen LogP contribution is 2.37. The van der Waals surface area contributed by atoms with Crippen molar-refractivity contribution in [3.05, 3.63) is 168 Å². The van der Waals surface area contributed by atoms with Crippen molar-refractivity contribution in [2.75, 3.05) is 6.61 Å². The number of hydrogen-bond acceptors (Lipinski definition) is 5. The minimum Gasteiger partial charge on any atom is -0.463 e. The normalized spacial score (nSPS) is 14.5. The Morgan fingerprint density at radius 2 is 1.44 bits per heavy atom. The predicted molar refractivity (Wildman–Crippen MR) is 193 cm³/mol. The maximum absolute atomic E-state index is 14.5. The minimum absolute atomic E-state index is 0.206. The molecule has 1 atom stereocenters. The van der Waals surface area contributed by atoms with E-state index >= 15 is 0 Å². The van der Waals surface area contributed by atoms with Gasteiger partial charge in [0.1, 0.15) is 0 Å². The molecular weight excluding hydrogens is 615 g/mol. The fourth-order valence-electron chi connectivity index (χ4n) is 6.31. The lowest BCUT2D eigenvalue weighted by Crippen LogP contribution is -2.39. The van der Waals surface area contributed by atoms with Gasteiger partial charge in [-0.05, 0) is 68.7 Å². The molecule has 7 rings (SSSR count). The van der Waals surface area contributed by atoms with Crippen LogP contribution in [0.25, 0.3) is 34.3 Å². The molecule has 4 aromatic carbocycles. The van der Waals surface area contributed by atoms with Gasteiger partial charge in [0.05, 0.1) is 39.8 Å². The molecule has 0 aliphatic carbocycles. The van der Waals surface area contributed by atoms with Crippen molar-refractivity contribution in [3.63, 3.8) is 0 Å². The van der Waals surface area contributed by atoms with Crippen molar-refractivity contribution in [2.45, 2.75) is 33.7 Å². The van der Waals surface area contributed by atoms with Gasteiger partial charge in [0.25, 0.3) is 5.56 Å². The molecule has 48 heavy (non-hydrogen) atoms. The number of fused-ring (bicyclic) bond motifs is 1. The first-order valence-electron chi connectivity index (χ1n) is 16.0. The molecular formula is C41H35N3O3S. The van der Waals surface area contributed by atoms with E-state index in [1.54, 1.807) is 11.5 Å². The molecule has 0 bridgehead atoms. The summed E-state index contributed by atoms with van der Waals surface area (Å²) < 4.78 is 9.93. The molecule has 0 amide bonds. The molecule has 7 heteroatoms. The molecule has 6 aromatic rings. The average Bonchev–Trinajstić information content (AvgIpc) is 3.62. The fourth-order valence-corrected chi connectivity index (χ4v) is 7.35. The Morgan fingerprint density at radius 1 is 0.833 bits per heavy atom. The minimum atomic E-state index is -0.659. The first-order chi connectivity index (χ1) is 23.3. The molecule has 0 radical (unpaired) electrons. The van der Waals surface area contributed by atoms with Crippen molar-refractivity contribution in [1.82, 2.24) is 9.13 Å². The van der Waals surface area contributed by atoms with Gasteiger partial charge in [-0.25, -0.2) is 9.79 Å². The molecule has 0 unspecified atom stereocenters. The van der Waals surface area contributed by atoms with Gasteiger partial charge >= 0.3 is 5.97 Å². The van der Waals surface area contributed by atoms with E-state index in [1.165, 1.54) is 16.9 Å². The lowest BCUT2D eigenvalue weighted by atomic mass is 9.95. The number of thiazole rings is 1. The third-order valence-corrected chi connectivity index (χ3v) is 9.62. The molecule has 0 saturated carbocycles. The van der Waals surface area contributed by atoms with Crippen LogP contribution in [-0.2, 0) is 9.53 Å². The Morgan fingerprint density at radius 3 is 2.06 bits per heavy atom. The number of nitrogens with zero attached hydrogens (tertiary/aromatic N) is 3. The Balaban J connectivity index is 1.51. The van der Waals surface area contributed by atoms with E-state index in [0.29, 0.717) is 20.6 Å². The summed E-state index contributed by atoms with van der Waals surface area (Å²) in [5.74, 6) is -0.465. The summed E-state index contributed by atoms with van der Waals surface area (Å²) in [6.07, 6.45) is 1.97. The predicted octanol–water partition coefficient (Wildman–Crippen LogP) is 7.54. The maximum atomic E-state index is 14.5. The second kappa shape index (κ2) is 12.9. The Kier molecular flexibility index (Phi) is 8.38. The molecule has 6 nitrogen and oxygen atoms in total. The van der Waals surface area contributed by atoms with Crippen LogP contribution >= 0.6 is 11.3 Å². The second-order valence-electron chi connectivity index (χ2n) is 11.9. The number of aryl methyl sites for hydroxylation is 2. The third-order valence-electron chi connectivity index (χ3n) is 8.64. The maximum Gasteiger partial charge on any atom is 0.338 e. The number of aromatic nitrogens is 2. The lowest BCUT2D eigenvalue weighted by molar-refractivity contribution is -0.139. The number of carbonyl (C=O) groups is 1. The number of benzene rings is 4. The standard InChI is InChI=1S/C41H35N3O3S/c1-5-47-40(46)36-28(4)42-41-44(38(36)31-20-16-26(2)17-21-31)39(45)35(48-41)25-32-24-34(29-12-8-6-9-13-29)43(33-22-18-27(3)19-23-33)37(32)30-14-10-7-11-15-30/h6-25,38H,5H2,1-4H3/b35-25-/t38-/m0/s1. The third kappa shape index (κ3) is 5.67. The van der Waals surface area contributed by atoms with E-state index in [2.05, 4.69) is 66.1 Å². The number of hydrogen-bond donors (Lipinski definition) is 0. The van der Waals surface area contributed by atoms with Crippen LogP contribution in [-0.4, -0.2) is 21.7 Å². The van der Waals surface area contributed by atoms with Gasteiger partial charge in [-0.2, -0.15) is 0 Å². The van der Waals surface area contributed by atoms with Crippen molar-refractivity contribution in [3.8, 4) is 28.2 Å². The molecule has 0 N–H and O–H groups in total. The highest BCUT2D eigenvalue weighted by molar-refractivity contribution is 7.07. The van der Waals surface area contributed by atoms with Crippen molar-refractivity contribution >= 4 is 23.4 Å². The molecule has 1 aliphatic heterocycles. The van der Waals surface area contributed by atoms with Gasteiger partial charge in [0.2, 0.25) is 0 Å². The number of esters is 1. The smallest absolute Gasteiger partial charge is 0.338 e. The summed E-state index contributed by atoms with van der Waals surface area (Å²) >= 11 is 1.33.